The van der Waals surface area contributed by atoms with Crippen molar-refractivity contribution in [3.63, 3.8) is 0 Å². The average Bonchev–Trinajstić information content (AvgIpc) is 3.27. The minimum absolute atomic E-state index is 0.0644. The minimum Gasteiger partial charge on any atom is -0.467 e. The van der Waals surface area contributed by atoms with Gasteiger partial charge in [0.2, 0.25) is 0 Å². The van der Waals surface area contributed by atoms with E-state index < -0.39 is 29.6 Å². The number of anilines is 1. The number of benzene rings is 1. The number of methoxy groups -OCH3 is 1. The third-order valence-electron chi connectivity index (χ3n) is 5.51. The summed E-state index contributed by atoms with van der Waals surface area (Å²) >= 11 is 0. The van der Waals surface area contributed by atoms with Crippen LogP contribution in [0.2, 0.25) is 0 Å². The van der Waals surface area contributed by atoms with Crippen LogP contribution in [0.4, 0.5) is 10.5 Å². The monoisotopic (exact) mass is 456 g/mol. The smallest absolute Gasteiger partial charge is 0.412 e. The molecule has 0 saturated heterocycles. The molecule has 1 aromatic heterocycles. The first-order chi connectivity index (χ1) is 15.7. The SMILES string of the molecule is COC(=O)C(NC(=O)c1ccc(-c2ccc(NC(=O)OC(C)(C)C)cc2)o1)C1CCCCC1. The quantitative estimate of drug-likeness (QED) is 0.583. The van der Waals surface area contributed by atoms with Crippen LogP contribution in [0, 0.1) is 5.92 Å². The zero-order valence-corrected chi connectivity index (χ0v) is 19.6. The van der Waals surface area contributed by atoms with Crippen LogP contribution in [0.25, 0.3) is 11.3 Å². The summed E-state index contributed by atoms with van der Waals surface area (Å²) in [6.07, 6.45) is 4.45. The normalized spacial score (nSPS) is 15.4. The van der Waals surface area contributed by atoms with Gasteiger partial charge < -0.3 is 19.2 Å². The molecule has 3 rings (SSSR count). The fourth-order valence-corrected chi connectivity index (χ4v) is 3.93. The summed E-state index contributed by atoms with van der Waals surface area (Å²) < 4.78 is 15.9. The summed E-state index contributed by atoms with van der Waals surface area (Å²) in [5.74, 6) is -0.211. The van der Waals surface area contributed by atoms with Crippen molar-refractivity contribution in [3.05, 3.63) is 42.2 Å². The number of nitrogens with one attached hydrogen (secondary N) is 2. The van der Waals surface area contributed by atoms with Gasteiger partial charge in [0.25, 0.3) is 5.91 Å². The second-order valence-corrected chi connectivity index (χ2v) is 9.24. The Morgan fingerprint density at radius 1 is 1.00 bits per heavy atom. The van der Waals surface area contributed by atoms with Crippen molar-refractivity contribution in [2.24, 2.45) is 5.92 Å². The lowest BCUT2D eigenvalue weighted by molar-refractivity contribution is -0.144. The zero-order chi connectivity index (χ0) is 24.0. The summed E-state index contributed by atoms with van der Waals surface area (Å²) in [4.78, 5) is 37.0. The standard InChI is InChI=1S/C25H32N2O6/c1-25(2,3)33-24(30)26-18-12-10-16(11-13-18)19-14-15-20(32-19)22(28)27-21(23(29)31-4)17-8-6-5-7-9-17/h10-15,17,21H,5-9H2,1-4H3,(H,26,30)(H,27,28). The van der Waals surface area contributed by atoms with E-state index in [-0.39, 0.29) is 11.7 Å². The molecule has 1 fully saturated rings. The first kappa shape index (κ1) is 24.4. The molecule has 2 N–H and O–H groups in total. The maximum atomic E-state index is 12.8. The highest BCUT2D eigenvalue weighted by atomic mass is 16.6. The summed E-state index contributed by atoms with van der Waals surface area (Å²) in [6.45, 7) is 5.38. The fourth-order valence-electron chi connectivity index (χ4n) is 3.93. The Kier molecular flexibility index (Phi) is 7.79. The number of rotatable bonds is 6. The third-order valence-corrected chi connectivity index (χ3v) is 5.51. The van der Waals surface area contributed by atoms with Gasteiger partial charge in [0.15, 0.2) is 5.76 Å². The summed E-state index contributed by atoms with van der Waals surface area (Å²) in [7, 11) is 1.33. The molecule has 0 bridgehead atoms. The van der Waals surface area contributed by atoms with Crippen molar-refractivity contribution in [3.8, 4) is 11.3 Å². The van der Waals surface area contributed by atoms with Crippen LogP contribution >= 0.6 is 0 Å². The van der Waals surface area contributed by atoms with Gasteiger partial charge in [-0.1, -0.05) is 19.3 Å². The molecule has 1 unspecified atom stereocenters. The Labute approximate surface area is 194 Å². The first-order valence-corrected chi connectivity index (χ1v) is 11.3. The highest BCUT2D eigenvalue weighted by molar-refractivity contribution is 5.95. The average molecular weight is 457 g/mol. The number of hydrogen-bond donors (Lipinski definition) is 2. The molecule has 1 heterocycles. The van der Waals surface area contributed by atoms with Crippen molar-refractivity contribution in [2.45, 2.75) is 64.5 Å². The summed E-state index contributed by atoms with van der Waals surface area (Å²) in [5.41, 5.74) is 0.727. The molecule has 178 valence electrons. The second-order valence-electron chi connectivity index (χ2n) is 9.24. The topological polar surface area (TPSA) is 107 Å². The van der Waals surface area contributed by atoms with E-state index in [4.69, 9.17) is 13.9 Å². The van der Waals surface area contributed by atoms with Crippen LogP contribution in [-0.2, 0) is 14.3 Å². The van der Waals surface area contributed by atoms with E-state index in [9.17, 15) is 14.4 Å². The van der Waals surface area contributed by atoms with Crippen LogP contribution in [-0.4, -0.2) is 36.7 Å². The summed E-state index contributed by atoms with van der Waals surface area (Å²) in [5, 5.41) is 5.47. The second kappa shape index (κ2) is 10.6. The lowest BCUT2D eigenvalue weighted by Crippen LogP contribution is -2.47. The molecule has 1 aliphatic carbocycles. The molecular formula is C25H32N2O6. The molecule has 0 spiro atoms. The highest BCUT2D eigenvalue weighted by Gasteiger charge is 2.32. The van der Waals surface area contributed by atoms with E-state index in [1.165, 1.54) is 7.11 Å². The third kappa shape index (κ3) is 6.84. The molecule has 1 aromatic carbocycles. The van der Waals surface area contributed by atoms with Crippen molar-refractivity contribution in [2.75, 3.05) is 12.4 Å². The van der Waals surface area contributed by atoms with E-state index in [1.54, 1.807) is 57.2 Å². The lowest BCUT2D eigenvalue weighted by atomic mass is 9.84. The molecule has 1 aliphatic rings. The van der Waals surface area contributed by atoms with Crippen molar-refractivity contribution in [1.29, 1.82) is 0 Å². The Bertz CT molecular complexity index is 968. The maximum absolute atomic E-state index is 12.8. The van der Waals surface area contributed by atoms with Gasteiger partial charge in [-0.05, 0) is 75.9 Å². The van der Waals surface area contributed by atoms with E-state index in [1.807, 2.05) is 0 Å². The molecule has 33 heavy (non-hydrogen) atoms. The zero-order valence-electron chi connectivity index (χ0n) is 19.6. The number of furan rings is 1. The highest BCUT2D eigenvalue weighted by Crippen LogP contribution is 2.28. The first-order valence-electron chi connectivity index (χ1n) is 11.3. The summed E-state index contributed by atoms with van der Waals surface area (Å²) in [6, 6.07) is 9.56. The molecule has 2 aromatic rings. The van der Waals surface area contributed by atoms with Gasteiger partial charge in [0.05, 0.1) is 7.11 Å². The van der Waals surface area contributed by atoms with Crippen molar-refractivity contribution >= 4 is 23.7 Å². The largest absolute Gasteiger partial charge is 0.467 e. The van der Waals surface area contributed by atoms with Gasteiger partial charge in [-0.2, -0.15) is 0 Å². The minimum atomic E-state index is -0.686. The number of esters is 1. The molecule has 1 saturated carbocycles. The Balaban J connectivity index is 1.65. The van der Waals surface area contributed by atoms with Gasteiger partial charge >= 0.3 is 12.1 Å². The lowest BCUT2D eigenvalue weighted by Gasteiger charge is -2.28. The maximum Gasteiger partial charge on any atom is 0.412 e. The predicted molar refractivity (Wildman–Crippen MR) is 124 cm³/mol. The Morgan fingerprint density at radius 3 is 2.27 bits per heavy atom. The molecular weight excluding hydrogens is 424 g/mol. The molecule has 8 heteroatoms. The number of amides is 2. The molecule has 0 radical (unpaired) electrons. The molecule has 0 aliphatic heterocycles. The van der Waals surface area contributed by atoms with Crippen LogP contribution in [0.1, 0.15) is 63.4 Å². The molecule has 2 amide bonds. The molecule has 1 atom stereocenters. The van der Waals surface area contributed by atoms with Crippen LogP contribution in [0.15, 0.2) is 40.8 Å². The Morgan fingerprint density at radius 2 is 1.67 bits per heavy atom. The molecule has 8 nitrogen and oxygen atoms in total. The van der Waals surface area contributed by atoms with E-state index >= 15 is 0 Å². The van der Waals surface area contributed by atoms with E-state index in [2.05, 4.69) is 10.6 Å². The fraction of sp³-hybridized carbons (Fsp3) is 0.480. The number of carbonyl (C=O) groups is 3. The van der Waals surface area contributed by atoms with Crippen LogP contribution in [0.3, 0.4) is 0 Å². The number of carbonyl (C=O) groups excluding carboxylic acids is 3. The number of hydrogen-bond acceptors (Lipinski definition) is 6. The van der Waals surface area contributed by atoms with Crippen molar-refractivity contribution in [1.82, 2.24) is 5.32 Å². The van der Waals surface area contributed by atoms with Crippen molar-refractivity contribution < 1.29 is 28.3 Å². The van der Waals surface area contributed by atoms with Crippen LogP contribution < -0.4 is 10.6 Å². The van der Waals surface area contributed by atoms with Gasteiger partial charge in [-0.25, -0.2) is 9.59 Å². The predicted octanol–water partition coefficient (Wildman–Crippen LogP) is 5.15. The van der Waals surface area contributed by atoms with Gasteiger partial charge in [0, 0.05) is 11.3 Å². The van der Waals surface area contributed by atoms with Gasteiger partial charge in [-0.3, -0.25) is 10.1 Å². The van der Waals surface area contributed by atoms with E-state index in [0.29, 0.717) is 11.4 Å². The van der Waals surface area contributed by atoms with E-state index in [0.717, 1.165) is 37.7 Å². The van der Waals surface area contributed by atoms with Gasteiger partial charge in [-0.15, -0.1) is 0 Å². The van der Waals surface area contributed by atoms with Gasteiger partial charge in [0.1, 0.15) is 17.4 Å². The number of ether oxygens (including phenoxy) is 2. The Hall–Kier alpha value is -3.29. The van der Waals surface area contributed by atoms with Crippen LogP contribution in [0.5, 0.6) is 0 Å².